The predicted molar refractivity (Wildman–Crippen MR) is 103 cm³/mol. The van der Waals surface area contributed by atoms with Gasteiger partial charge in [-0.3, -0.25) is 9.59 Å². The molecule has 3 aliphatic rings. The van der Waals surface area contributed by atoms with Gasteiger partial charge in [-0.15, -0.1) is 0 Å². The number of rotatable bonds is 4. The molecule has 0 aromatic heterocycles. The van der Waals surface area contributed by atoms with Crippen molar-refractivity contribution in [2.45, 2.75) is 12.0 Å². The lowest BCUT2D eigenvalue weighted by molar-refractivity contribution is 0.0929. The highest BCUT2D eigenvalue weighted by Gasteiger charge is 2.54. The number of ether oxygens (including phenoxy) is 2. The Hall–Kier alpha value is -2.93. The highest BCUT2D eigenvalue weighted by molar-refractivity contribution is 6.02. The number of nitrogens with one attached hydrogen (secondary N) is 2. The molecule has 2 amide bonds. The van der Waals surface area contributed by atoms with Gasteiger partial charge in [0.2, 0.25) is 0 Å². The van der Waals surface area contributed by atoms with Crippen LogP contribution in [-0.2, 0) is 4.74 Å². The van der Waals surface area contributed by atoms with Crippen molar-refractivity contribution in [2.75, 3.05) is 26.9 Å². The summed E-state index contributed by atoms with van der Waals surface area (Å²) in [4.78, 5) is 25.3. The number of benzene rings is 2. The molecule has 5 rings (SSSR count). The van der Waals surface area contributed by atoms with Crippen molar-refractivity contribution >= 4 is 11.8 Å². The molecule has 0 radical (unpaired) electrons. The third-order valence-corrected chi connectivity index (χ3v) is 6.14. The molecule has 2 N–H and O–H groups in total. The molecule has 0 bridgehead atoms. The van der Waals surface area contributed by atoms with Gasteiger partial charge in [0.15, 0.2) is 0 Å². The Morgan fingerprint density at radius 2 is 1.76 bits per heavy atom. The van der Waals surface area contributed by atoms with Crippen molar-refractivity contribution in [3.05, 3.63) is 64.5 Å². The molecule has 2 aliphatic heterocycles. The first-order valence-electron chi connectivity index (χ1n) is 9.73. The van der Waals surface area contributed by atoms with Crippen LogP contribution in [0.15, 0.2) is 36.4 Å². The molecule has 6 nitrogen and oxygen atoms in total. The van der Waals surface area contributed by atoms with Crippen LogP contribution in [-0.4, -0.2) is 44.7 Å². The zero-order valence-corrected chi connectivity index (χ0v) is 15.9. The molecule has 2 aromatic carbocycles. The van der Waals surface area contributed by atoms with Crippen LogP contribution >= 0.6 is 0 Å². The van der Waals surface area contributed by atoms with Gasteiger partial charge in [0.1, 0.15) is 11.6 Å². The topological polar surface area (TPSA) is 76.7 Å². The smallest absolute Gasteiger partial charge is 0.254 e. The average Bonchev–Trinajstić information content (AvgIpc) is 3.09. The number of amides is 2. The van der Waals surface area contributed by atoms with Crippen LogP contribution in [0.4, 0.5) is 4.39 Å². The van der Waals surface area contributed by atoms with Crippen LogP contribution in [0.5, 0.6) is 5.75 Å². The second-order valence-electron chi connectivity index (χ2n) is 7.80. The molecule has 1 aliphatic carbocycles. The minimum absolute atomic E-state index is 0.136. The number of halogens is 1. The molecule has 1 saturated heterocycles. The fraction of sp³-hybridized carbons (Fsp3) is 0.364. The second kappa shape index (κ2) is 6.84. The van der Waals surface area contributed by atoms with Gasteiger partial charge in [-0.1, -0.05) is 12.1 Å². The summed E-state index contributed by atoms with van der Waals surface area (Å²) in [5, 5.41) is 5.68. The maximum Gasteiger partial charge on any atom is 0.254 e. The molecule has 2 heterocycles. The second-order valence-corrected chi connectivity index (χ2v) is 7.80. The van der Waals surface area contributed by atoms with Crippen molar-refractivity contribution in [1.29, 1.82) is 0 Å². The Kier molecular flexibility index (Phi) is 4.28. The predicted octanol–water partition coefficient (Wildman–Crippen LogP) is 2.08. The number of hydrogen-bond donors (Lipinski definition) is 2. The van der Waals surface area contributed by atoms with E-state index in [-0.39, 0.29) is 29.6 Å². The Bertz CT molecular complexity index is 981. The largest absolute Gasteiger partial charge is 0.491 e. The molecular formula is C22H21FN2O4. The molecule has 7 heteroatoms. The summed E-state index contributed by atoms with van der Waals surface area (Å²) < 4.78 is 24.5. The quantitative estimate of drug-likeness (QED) is 0.830. The number of hydrogen-bond acceptors (Lipinski definition) is 4. The SMILES string of the molecule is CNC(=O)c1cc(C(=O)N[C@H]2[C@@H]3COC[C@@H]32)cc2c1OC[C@@H]2c1ccc(F)cc1. The summed E-state index contributed by atoms with van der Waals surface area (Å²) in [6.45, 7) is 1.70. The first-order valence-corrected chi connectivity index (χ1v) is 9.73. The maximum atomic E-state index is 13.3. The van der Waals surface area contributed by atoms with Gasteiger partial charge < -0.3 is 20.1 Å². The summed E-state index contributed by atoms with van der Waals surface area (Å²) in [7, 11) is 1.54. The lowest BCUT2D eigenvalue weighted by Gasteiger charge is -2.14. The molecule has 1 saturated carbocycles. The molecule has 2 fully saturated rings. The van der Waals surface area contributed by atoms with E-state index < -0.39 is 0 Å². The normalized spacial score (nSPS) is 26.3. The monoisotopic (exact) mass is 396 g/mol. The zero-order chi connectivity index (χ0) is 20.1. The van der Waals surface area contributed by atoms with E-state index in [4.69, 9.17) is 9.47 Å². The van der Waals surface area contributed by atoms with Crippen LogP contribution in [0.2, 0.25) is 0 Å². The van der Waals surface area contributed by atoms with Crippen LogP contribution in [0, 0.1) is 17.7 Å². The molecule has 0 spiro atoms. The van der Waals surface area contributed by atoms with Gasteiger partial charge >= 0.3 is 0 Å². The Balaban J connectivity index is 1.49. The molecule has 2 aromatic rings. The van der Waals surface area contributed by atoms with Crippen molar-refractivity contribution in [2.24, 2.45) is 11.8 Å². The van der Waals surface area contributed by atoms with Gasteiger partial charge in [-0.2, -0.15) is 0 Å². The van der Waals surface area contributed by atoms with Gasteiger partial charge in [0.25, 0.3) is 11.8 Å². The van der Waals surface area contributed by atoms with E-state index in [0.717, 1.165) is 11.1 Å². The molecule has 0 unspecified atom stereocenters. The fourth-order valence-corrected chi connectivity index (χ4v) is 4.42. The van der Waals surface area contributed by atoms with Gasteiger partial charge in [-0.25, -0.2) is 4.39 Å². The van der Waals surface area contributed by atoms with E-state index in [1.807, 2.05) is 0 Å². The Morgan fingerprint density at radius 3 is 2.45 bits per heavy atom. The molecule has 4 atom stereocenters. The first-order chi connectivity index (χ1) is 14.1. The minimum Gasteiger partial charge on any atom is -0.491 e. The summed E-state index contributed by atoms with van der Waals surface area (Å²) in [5.41, 5.74) is 2.39. The van der Waals surface area contributed by atoms with E-state index in [1.165, 1.54) is 12.1 Å². The van der Waals surface area contributed by atoms with Gasteiger partial charge in [0, 0.05) is 42.0 Å². The maximum absolute atomic E-state index is 13.3. The first kappa shape index (κ1) is 18.1. The summed E-state index contributed by atoms with van der Waals surface area (Å²) >= 11 is 0. The van der Waals surface area contributed by atoms with E-state index >= 15 is 0 Å². The standard InChI is InChI=1S/C22H21FN2O4/c1-24-22(27)15-7-12(21(26)25-19-17-8-28-9-18(17)19)6-14-16(10-29-20(14)15)11-2-4-13(23)5-3-11/h2-7,16-19H,8-10H2,1H3,(H,24,27)(H,25,26)/t16-,17-,18+,19+/m1/s1. The number of carbonyl (C=O) groups excluding carboxylic acids is 2. The number of fused-ring (bicyclic) bond motifs is 2. The van der Waals surface area contributed by atoms with E-state index in [2.05, 4.69) is 10.6 Å². The minimum atomic E-state index is -0.314. The van der Waals surface area contributed by atoms with Gasteiger partial charge in [0.05, 0.1) is 25.4 Å². The third kappa shape index (κ3) is 3.06. The van der Waals surface area contributed by atoms with Crippen molar-refractivity contribution in [3.63, 3.8) is 0 Å². The highest BCUT2D eigenvalue weighted by atomic mass is 19.1. The van der Waals surface area contributed by atoms with E-state index in [9.17, 15) is 14.0 Å². The highest BCUT2D eigenvalue weighted by Crippen LogP contribution is 2.45. The zero-order valence-electron chi connectivity index (χ0n) is 15.9. The molecule has 29 heavy (non-hydrogen) atoms. The molecule has 150 valence electrons. The third-order valence-electron chi connectivity index (χ3n) is 6.14. The number of carbonyl (C=O) groups is 2. The Morgan fingerprint density at radius 1 is 1.03 bits per heavy atom. The van der Waals surface area contributed by atoms with Crippen LogP contribution in [0.1, 0.15) is 37.8 Å². The fourth-order valence-electron chi connectivity index (χ4n) is 4.42. The summed E-state index contributed by atoms with van der Waals surface area (Å²) in [6.07, 6.45) is 0. The van der Waals surface area contributed by atoms with Gasteiger partial charge in [-0.05, 0) is 29.8 Å². The lowest BCUT2D eigenvalue weighted by atomic mass is 9.90. The van der Waals surface area contributed by atoms with Crippen molar-refractivity contribution in [1.82, 2.24) is 10.6 Å². The Labute approximate surface area is 167 Å². The average molecular weight is 396 g/mol. The molecular weight excluding hydrogens is 375 g/mol. The van der Waals surface area contributed by atoms with Crippen LogP contribution < -0.4 is 15.4 Å². The summed E-state index contributed by atoms with van der Waals surface area (Å²) in [5.74, 6) is 0.257. The van der Waals surface area contributed by atoms with Crippen molar-refractivity contribution in [3.8, 4) is 5.75 Å². The lowest BCUT2D eigenvalue weighted by Crippen LogP contribution is -2.30. The van der Waals surface area contributed by atoms with E-state index in [1.54, 1.807) is 31.3 Å². The van der Waals surface area contributed by atoms with Crippen LogP contribution in [0.25, 0.3) is 0 Å². The van der Waals surface area contributed by atoms with E-state index in [0.29, 0.717) is 48.5 Å². The summed E-state index contributed by atoms with van der Waals surface area (Å²) in [6, 6.07) is 9.71. The van der Waals surface area contributed by atoms with Crippen molar-refractivity contribution < 1.29 is 23.5 Å². The van der Waals surface area contributed by atoms with Crippen LogP contribution in [0.3, 0.4) is 0 Å².